The summed E-state index contributed by atoms with van der Waals surface area (Å²) in [5.74, 6) is -0.194. The second kappa shape index (κ2) is 6.58. The van der Waals surface area contributed by atoms with Gasteiger partial charge in [-0.15, -0.1) is 0 Å². The van der Waals surface area contributed by atoms with Gasteiger partial charge in [0.05, 0.1) is 10.6 Å². The third-order valence-corrected chi connectivity index (χ3v) is 5.55. The normalized spacial score (nSPS) is 17.0. The first-order chi connectivity index (χ1) is 9.88. The van der Waals surface area contributed by atoms with Crippen molar-refractivity contribution in [1.29, 1.82) is 0 Å². The summed E-state index contributed by atoms with van der Waals surface area (Å²) in [6.45, 7) is 4.96. The first kappa shape index (κ1) is 16.0. The summed E-state index contributed by atoms with van der Waals surface area (Å²) in [5, 5.41) is 0. The number of piperazine rings is 1. The van der Waals surface area contributed by atoms with E-state index in [-0.39, 0.29) is 18.1 Å². The maximum Gasteiger partial charge on any atom is 0.223 e. The number of amides is 1. The van der Waals surface area contributed by atoms with Crippen molar-refractivity contribution < 1.29 is 13.2 Å². The van der Waals surface area contributed by atoms with Crippen LogP contribution in [0.2, 0.25) is 0 Å². The van der Waals surface area contributed by atoms with Gasteiger partial charge >= 0.3 is 0 Å². The minimum absolute atomic E-state index is 0.0555. The molecule has 21 heavy (non-hydrogen) atoms. The fraction of sp³-hybridized carbons (Fsp3) is 0.533. The SMILES string of the molecule is Cc1ccc(S(=O)(=O)CCC(=O)N2CCN(C)CC2)cc1. The molecule has 0 aliphatic carbocycles. The van der Waals surface area contributed by atoms with Gasteiger partial charge in [-0.1, -0.05) is 17.7 Å². The topological polar surface area (TPSA) is 57.7 Å². The summed E-state index contributed by atoms with van der Waals surface area (Å²) in [6.07, 6.45) is 0.0555. The largest absolute Gasteiger partial charge is 0.340 e. The van der Waals surface area contributed by atoms with Crippen LogP contribution in [0.1, 0.15) is 12.0 Å². The molecule has 1 aliphatic heterocycles. The van der Waals surface area contributed by atoms with E-state index in [1.165, 1.54) is 0 Å². The molecule has 1 aliphatic rings. The minimum Gasteiger partial charge on any atom is -0.340 e. The number of hydrogen-bond donors (Lipinski definition) is 0. The van der Waals surface area contributed by atoms with Crippen LogP contribution in [0.4, 0.5) is 0 Å². The molecule has 6 heteroatoms. The molecule has 0 aromatic heterocycles. The predicted octanol–water partition coefficient (Wildman–Crippen LogP) is 0.933. The monoisotopic (exact) mass is 310 g/mol. The quantitative estimate of drug-likeness (QED) is 0.830. The highest BCUT2D eigenvalue weighted by Crippen LogP contribution is 2.14. The van der Waals surface area contributed by atoms with Crippen LogP contribution in [-0.4, -0.2) is 63.1 Å². The van der Waals surface area contributed by atoms with Gasteiger partial charge in [0.25, 0.3) is 0 Å². The smallest absolute Gasteiger partial charge is 0.223 e. The third-order valence-electron chi connectivity index (χ3n) is 3.82. The molecule has 2 rings (SSSR count). The highest BCUT2D eigenvalue weighted by Gasteiger charge is 2.22. The maximum atomic E-state index is 12.2. The molecule has 0 atom stereocenters. The molecule has 116 valence electrons. The zero-order valence-corrected chi connectivity index (χ0v) is 13.4. The zero-order valence-electron chi connectivity index (χ0n) is 12.6. The van der Waals surface area contributed by atoms with E-state index in [9.17, 15) is 13.2 Å². The van der Waals surface area contributed by atoms with E-state index in [2.05, 4.69) is 4.90 Å². The molecule has 0 N–H and O–H groups in total. The number of carbonyl (C=O) groups is 1. The van der Waals surface area contributed by atoms with Gasteiger partial charge < -0.3 is 9.80 Å². The van der Waals surface area contributed by atoms with Crippen molar-refractivity contribution in [1.82, 2.24) is 9.80 Å². The molecule has 0 radical (unpaired) electrons. The molecule has 0 saturated carbocycles. The molecule has 0 bridgehead atoms. The first-order valence-corrected chi connectivity index (χ1v) is 8.79. The molecular weight excluding hydrogens is 288 g/mol. The summed E-state index contributed by atoms with van der Waals surface area (Å²) in [7, 11) is -1.36. The first-order valence-electron chi connectivity index (χ1n) is 7.14. The number of rotatable bonds is 4. The number of nitrogens with zero attached hydrogens (tertiary/aromatic N) is 2. The van der Waals surface area contributed by atoms with Gasteiger partial charge in [-0.05, 0) is 26.1 Å². The van der Waals surface area contributed by atoms with Crippen molar-refractivity contribution in [3.05, 3.63) is 29.8 Å². The van der Waals surface area contributed by atoms with Gasteiger partial charge in [0.1, 0.15) is 0 Å². The molecule has 1 aromatic rings. The summed E-state index contributed by atoms with van der Waals surface area (Å²) in [4.78, 5) is 16.3. The van der Waals surface area contributed by atoms with Crippen molar-refractivity contribution >= 4 is 15.7 Å². The van der Waals surface area contributed by atoms with Gasteiger partial charge in [-0.3, -0.25) is 4.79 Å². The van der Waals surface area contributed by atoms with Gasteiger partial charge in [0, 0.05) is 32.6 Å². The summed E-state index contributed by atoms with van der Waals surface area (Å²) in [5.41, 5.74) is 1.02. The van der Waals surface area contributed by atoms with E-state index in [1.54, 1.807) is 29.2 Å². The Bertz CT molecular complexity index is 588. The molecule has 5 nitrogen and oxygen atoms in total. The molecule has 1 heterocycles. The third kappa shape index (κ3) is 4.28. The lowest BCUT2D eigenvalue weighted by molar-refractivity contribution is -0.132. The Balaban J connectivity index is 1.92. The van der Waals surface area contributed by atoms with Crippen molar-refractivity contribution in [2.24, 2.45) is 0 Å². The summed E-state index contributed by atoms with van der Waals surface area (Å²) in [6, 6.07) is 6.75. The van der Waals surface area contributed by atoms with Crippen LogP contribution < -0.4 is 0 Å². The van der Waals surface area contributed by atoms with Crippen LogP contribution in [0.25, 0.3) is 0 Å². The van der Waals surface area contributed by atoms with Gasteiger partial charge in [-0.2, -0.15) is 0 Å². The Morgan fingerprint density at radius 3 is 2.24 bits per heavy atom. The number of carbonyl (C=O) groups excluding carboxylic acids is 1. The Morgan fingerprint density at radius 1 is 1.10 bits per heavy atom. The van der Waals surface area contributed by atoms with E-state index >= 15 is 0 Å². The van der Waals surface area contributed by atoms with Crippen molar-refractivity contribution in [2.45, 2.75) is 18.2 Å². The average molecular weight is 310 g/mol. The number of hydrogen-bond acceptors (Lipinski definition) is 4. The van der Waals surface area contributed by atoms with Crippen molar-refractivity contribution in [3.63, 3.8) is 0 Å². The number of aryl methyl sites for hydroxylation is 1. The predicted molar refractivity (Wildman–Crippen MR) is 81.9 cm³/mol. The molecular formula is C15H22N2O3S. The number of benzene rings is 1. The average Bonchev–Trinajstić information content (AvgIpc) is 2.46. The highest BCUT2D eigenvalue weighted by atomic mass is 32.2. The van der Waals surface area contributed by atoms with Gasteiger partial charge in [0.2, 0.25) is 5.91 Å². The van der Waals surface area contributed by atoms with E-state index in [4.69, 9.17) is 0 Å². The van der Waals surface area contributed by atoms with Crippen LogP contribution in [-0.2, 0) is 14.6 Å². The molecule has 1 saturated heterocycles. The molecule has 0 unspecified atom stereocenters. The van der Waals surface area contributed by atoms with E-state index in [1.807, 2.05) is 14.0 Å². The van der Waals surface area contributed by atoms with E-state index in [0.717, 1.165) is 18.7 Å². The standard InChI is InChI=1S/C15H22N2O3S/c1-13-3-5-14(6-4-13)21(19,20)12-7-15(18)17-10-8-16(2)9-11-17/h3-6H,7-12H2,1-2H3. The van der Waals surface area contributed by atoms with Crippen LogP contribution in [0, 0.1) is 6.92 Å². The fourth-order valence-corrected chi connectivity index (χ4v) is 3.53. The Morgan fingerprint density at radius 2 is 1.67 bits per heavy atom. The molecule has 1 fully saturated rings. The number of sulfone groups is 1. The lowest BCUT2D eigenvalue weighted by atomic mass is 10.2. The Hall–Kier alpha value is -1.40. The maximum absolute atomic E-state index is 12.2. The molecule has 1 amide bonds. The van der Waals surface area contributed by atoms with Crippen LogP contribution in [0.5, 0.6) is 0 Å². The zero-order chi connectivity index (χ0) is 15.5. The minimum atomic E-state index is -3.38. The Kier molecular flexibility index (Phi) is 5.00. The lowest BCUT2D eigenvalue weighted by Crippen LogP contribution is -2.47. The highest BCUT2D eigenvalue weighted by molar-refractivity contribution is 7.91. The fourth-order valence-electron chi connectivity index (χ4n) is 2.30. The summed E-state index contributed by atoms with van der Waals surface area (Å²) < 4.78 is 24.4. The van der Waals surface area contributed by atoms with Crippen LogP contribution in [0.15, 0.2) is 29.2 Å². The molecule has 0 spiro atoms. The van der Waals surface area contributed by atoms with Gasteiger partial charge in [-0.25, -0.2) is 8.42 Å². The van der Waals surface area contributed by atoms with Crippen LogP contribution >= 0.6 is 0 Å². The lowest BCUT2D eigenvalue weighted by Gasteiger charge is -2.32. The second-order valence-electron chi connectivity index (χ2n) is 5.57. The van der Waals surface area contributed by atoms with Crippen molar-refractivity contribution in [2.75, 3.05) is 39.0 Å². The number of likely N-dealkylation sites (N-methyl/N-ethyl adjacent to an activating group) is 1. The van der Waals surface area contributed by atoms with Crippen molar-refractivity contribution in [3.8, 4) is 0 Å². The van der Waals surface area contributed by atoms with E-state index < -0.39 is 9.84 Å². The van der Waals surface area contributed by atoms with Crippen LogP contribution in [0.3, 0.4) is 0 Å². The summed E-state index contributed by atoms with van der Waals surface area (Å²) >= 11 is 0. The second-order valence-corrected chi connectivity index (χ2v) is 7.68. The Labute approximate surface area is 126 Å². The van der Waals surface area contributed by atoms with E-state index in [0.29, 0.717) is 18.0 Å². The molecule has 1 aromatic carbocycles. The van der Waals surface area contributed by atoms with Gasteiger partial charge in [0.15, 0.2) is 9.84 Å².